The third kappa shape index (κ3) is 4.26. The highest BCUT2D eigenvalue weighted by Gasteiger charge is 2.13. The summed E-state index contributed by atoms with van der Waals surface area (Å²) in [6, 6.07) is 10.1. The third-order valence-electron chi connectivity index (χ3n) is 2.68. The predicted octanol–water partition coefficient (Wildman–Crippen LogP) is 1.94. The van der Waals surface area contributed by atoms with Crippen LogP contribution < -0.4 is 10.1 Å². The van der Waals surface area contributed by atoms with Crippen LogP contribution in [0.5, 0.6) is 5.88 Å². The van der Waals surface area contributed by atoms with E-state index in [1.54, 1.807) is 0 Å². The van der Waals surface area contributed by atoms with E-state index in [0.717, 1.165) is 23.0 Å². The second-order valence-corrected chi connectivity index (χ2v) is 5.34. The van der Waals surface area contributed by atoms with Crippen LogP contribution in [0.15, 0.2) is 30.3 Å². The summed E-state index contributed by atoms with van der Waals surface area (Å²) in [6.07, 6.45) is -0.567. The Morgan fingerprint density at radius 1 is 1.25 bits per heavy atom. The van der Waals surface area contributed by atoms with Crippen molar-refractivity contribution >= 4 is 11.7 Å². The van der Waals surface area contributed by atoms with Crippen molar-refractivity contribution in [2.24, 2.45) is 0 Å². The molecule has 20 heavy (non-hydrogen) atoms. The lowest BCUT2D eigenvalue weighted by Gasteiger charge is -2.14. The molecule has 0 fully saturated rings. The zero-order valence-electron chi connectivity index (χ0n) is 11.6. The van der Waals surface area contributed by atoms with Crippen molar-refractivity contribution in [2.75, 3.05) is 13.2 Å². The summed E-state index contributed by atoms with van der Waals surface area (Å²) in [5, 5.41) is 13.0. The molecular weight excluding hydrogens is 274 g/mol. The smallest absolute Gasteiger partial charge is 0.254 e. The largest absolute Gasteiger partial charge is 0.473 e. The molecule has 0 saturated heterocycles. The number of nitrogens with zero attached hydrogens (tertiary/aromatic N) is 2. The van der Waals surface area contributed by atoms with Crippen LogP contribution in [-0.4, -0.2) is 39.2 Å². The van der Waals surface area contributed by atoms with E-state index in [1.807, 2.05) is 44.2 Å². The standard InChI is InChI=1S/C14H19N3O2S/c1-10(2)15-8-12(18)9-19-14-13(16-20-17-14)11-6-4-3-5-7-11/h3-7,10,12,15,18H,8-9H2,1-2H3. The van der Waals surface area contributed by atoms with Crippen LogP contribution in [0.3, 0.4) is 0 Å². The van der Waals surface area contributed by atoms with E-state index in [4.69, 9.17) is 4.74 Å². The van der Waals surface area contributed by atoms with Crippen molar-refractivity contribution in [1.82, 2.24) is 14.1 Å². The van der Waals surface area contributed by atoms with Gasteiger partial charge < -0.3 is 15.2 Å². The fourth-order valence-corrected chi connectivity index (χ4v) is 2.17. The maximum Gasteiger partial charge on any atom is 0.254 e. The van der Waals surface area contributed by atoms with E-state index in [2.05, 4.69) is 14.1 Å². The molecule has 1 atom stereocenters. The molecule has 0 aliphatic heterocycles. The van der Waals surface area contributed by atoms with Crippen LogP contribution >= 0.6 is 11.7 Å². The number of aliphatic hydroxyl groups excluding tert-OH is 1. The van der Waals surface area contributed by atoms with Gasteiger partial charge in [0.25, 0.3) is 5.88 Å². The molecule has 1 aromatic carbocycles. The second-order valence-electron chi connectivity index (χ2n) is 4.81. The molecule has 0 spiro atoms. The Bertz CT molecular complexity index is 516. The number of aliphatic hydroxyl groups is 1. The van der Waals surface area contributed by atoms with Gasteiger partial charge in [-0.15, -0.1) is 4.37 Å². The van der Waals surface area contributed by atoms with Gasteiger partial charge in [-0.05, 0) is 0 Å². The number of hydrogen-bond acceptors (Lipinski definition) is 6. The first kappa shape index (κ1) is 14.9. The van der Waals surface area contributed by atoms with Gasteiger partial charge in [0.15, 0.2) is 0 Å². The zero-order valence-corrected chi connectivity index (χ0v) is 12.4. The van der Waals surface area contributed by atoms with Crippen LogP contribution in [-0.2, 0) is 0 Å². The van der Waals surface area contributed by atoms with Crippen LogP contribution in [0.2, 0.25) is 0 Å². The van der Waals surface area contributed by atoms with E-state index in [9.17, 15) is 5.11 Å². The van der Waals surface area contributed by atoms with Crippen molar-refractivity contribution in [3.63, 3.8) is 0 Å². The number of rotatable bonds is 7. The molecule has 0 aliphatic carbocycles. The van der Waals surface area contributed by atoms with Crippen molar-refractivity contribution in [3.05, 3.63) is 30.3 Å². The predicted molar refractivity (Wildman–Crippen MR) is 80.0 cm³/mol. The number of hydrogen-bond donors (Lipinski definition) is 2. The molecule has 1 heterocycles. The number of ether oxygens (including phenoxy) is 1. The van der Waals surface area contributed by atoms with Gasteiger partial charge in [-0.2, -0.15) is 4.37 Å². The van der Waals surface area contributed by atoms with Crippen molar-refractivity contribution < 1.29 is 9.84 Å². The molecule has 108 valence electrons. The first-order valence-corrected chi connectivity index (χ1v) is 7.32. The van der Waals surface area contributed by atoms with Crippen molar-refractivity contribution in [2.45, 2.75) is 26.0 Å². The fourth-order valence-electron chi connectivity index (χ4n) is 1.65. The van der Waals surface area contributed by atoms with Gasteiger partial charge >= 0.3 is 0 Å². The molecular formula is C14H19N3O2S. The maximum absolute atomic E-state index is 9.83. The topological polar surface area (TPSA) is 67.3 Å². The van der Waals surface area contributed by atoms with Gasteiger partial charge in [0.1, 0.15) is 18.4 Å². The molecule has 2 rings (SSSR count). The molecule has 2 N–H and O–H groups in total. The van der Waals surface area contributed by atoms with Gasteiger partial charge in [-0.25, -0.2) is 0 Å². The van der Waals surface area contributed by atoms with Crippen LogP contribution in [0.1, 0.15) is 13.8 Å². The van der Waals surface area contributed by atoms with Gasteiger partial charge in [-0.3, -0.25) is 0 Å². The Hall–Kier alpha value is -1.50. The fraction of sp³-hybridized carbons (Fsp3) is 0.429. The second kappa shape index (κ2) is 7.33. The number of nitrogens with one attached hydrogen (secondary N) is 1. The molecule has 1 aromatic heterocycles. The van der Waals surface area contributed by atoms with E-state index in [1.165, 1.54) is 0 Å². The molecule has 0 amide bonds. The summed E-state index contributed by atoms with van der Waals surface area (Å²) >= 11 is 1.11. The summed E-state index contributed by atoms with van der Waals surface area (Å²) in [7, 11) is 0. The van der Waals surface area contributed by atoms with Crippen molar-refractivity contribution in [1.29, 1.82) is 0 Å². The summed E-state index contributed by atoms with van der Waals surface area (Å²) in [6.45, 7) is 4.76. The molecule has 0 radical (unpaired) electrons. The van der Waals surface area contributed by atoms with E-state index in [-0.39, 0.29) is 6.61 Å². The third-order valence-corrected chi connectivity index (χ3v) is 3.19. The van der Waals surface area contributed by atoms with Crippen LogP contribution in [0.4, 0.5) is 0 Å². The molecule has 2 aromatic rings. The first-order chi connectivity index (χ1) is 9.66. The molecule has 0 saturated carbocycles. The normalized spacial score (nSPS) is 12.6. The lowest BCUT2D eigenvalue weighted by Crippen LogP contribution is -2.35. The molecule has 0 aliphatic rings. The Labute approximate surface area is 122 Å². The molecule has 1 unspecified atom stereocenters. The number of aromatic nitrogens is 2. The summed E-state index contributed by atoms with van der Waals surface area (Å²) in [5.41, 5.74) is 1.69. The van der Waals surface area contributed by atoms with Crippen LogP contribution in [0.25, 0.3) is 11.3 Å². The average molecular weight is 293 g/mol. The monoisotopic (exact) mass is 293 g/mol. The minimum Gasteiger partial charge on any atom is -0.473 e. The average Bonchev–Trinajstić information content (AvgIpc) is 2.92. The highest BCUT2D eigenvalue weighted by molar-refractivity contribution is 6.99. The minimum atomic E-state index is -0.567. The quantitative estimate of drug-likeness (QED) is 0.816. The summed E-state index contributed by atoms with van der Waals surface area (Å²) in [4.78, 5) is 0. The summed E-state index contributed by atoms with van der Waals surface area (Å²) < 4.78 is 14.0. The Morgan fingerprint density at radius 2 is 2.00 bits per heavy atom. The van der Waals surface area contributed by atoms with E-state index in [0.29, 0.717) is 18.5 Å². The Kier molecular flexibility index (Phi) is 5.46. The van der Waals surface area contributed by atoms with E-state index >= 15 is 0 Å². The van der Waals surface area contributed by atoms with Gasteiger partial charge in [-0.1, -0.05) is 44.2 Å². The lowest BCUT2D eigenvalue weighted by atomic mass is 10.2. The highest BCUT2D eigenvalue weighted by atomic mass is 32.1. The van der Waals surface area contributed by atoms with Gasteiger partial charge in [0.05, 0.1) is 11.7 Å². The Balaban J connectivity index is 1.93. The SMILES string of the molecule is CC(C)NCC(O)COc1nsnc1-c1ccccc1. The van der Waals surface area contributed by atoms with E-state index < -0.39 is 6.10 Å². The molecule has 5 nitrogen and oxygen atoms in total. The summed E-state index contributed by atoms with van der Waals surface area (Å²) in [5.74, 6) is 0.477. The van der Waals surface area contributed by atoms with Gasteiger partial charge in [0.2, 0.25) is 0 Å². The number of benzene rings is 1. The zero-order chi connectivity index (χ0) is 14.4. The van der Waals surface area contributed by atoms with Gasteiger partial charge in [0, 0.05) is 18.2 Å². The molecule has 6 heteroatoms. The minimum absolute atomic E-state index is 0.199. The highest BCUT2D eigenvalue weighted by Crippen LogP contribution is 2.27. The first-order valence-electron chi connectivity index (χ1n) is 6.59. The lowest BCUT2D eigenvalue weighted by molar-refractivity contribution is 0.103. The van der Waals surface area contributed by atoms with Crippen molar-refractivity contribution in [3.8, 4) is 17.1 Å². The Morgan fingerprint density at radius 3 is 2.70 bits per heavy atom. The van der Waals surface area contributed by atoms with Crippen LogP contribution in [0, 0.1) is 0 Å². The maximum atomic E-state index is 9.83. The molecule has 0 bridgehead atoms.